The van der Waals surface area contributed by atoms with E-state index in [2.05, 4.69) is 21.2 Å². The van der Waals surface area contributed by atoms with Crippen molar-refractivity contribution >= 4 is 49.6 Å². The number of halogens is 1. The Kier molecular flexibility index (Phi) is 8.76. The van der Waals surface area contributed by atoms with Crippen molar-refractivity contribution in [1.82, 2.24) is 4.31 Å². The zero-order valence-corrected chi connectivity index (χ0v) is 19.1. The highest BCUT2D eigenvalue weighted by Gasteiger charge is 2.21. The summed E-state index contributed by atoms with van der Waals surface area (Å²) in [5, 5.41) is 2.56. The fourth-order valence-electron chi connectivity index (χ4n) is 2.54. The van der Waals surface area contributed by atoms with Crippen molar-refractivity contribution in [3.05, 3.63) is 64.6 Å². The van der Waals surface area contributed by atoms with E-state index >= 15 is 0 Å². The van der Waals surface area contributed by atoms with Crippen molar-refractivity contribution in [3.63, 3.8) is 0 Å². The first-order valence-electron chi connectivity index (χ1n) is 9.26. The summed E-state index contributed by atoms with van der Waals surface area (Å²) in [7, 11) is -3.56. The van der Waals surface area contributed by atoms with E-state index < -0.39 is 28.5 Å². The van der Waals surface area contributed by atoms with Crippen molar-refractivity contribution in [2.45, 2.75) is 18.7 Å². The van der Waals surface area contributed by atoms with Crippen LogP contribution in [0, 0.1) is 0 Å². The van der Waals surface area contributed by atoms with E-state index in [1.165, 1.54) is 34.6 Å². The Morgan fingerprint density at radius 1 is 1.03 bits per heavy atom. The van der Waals surface area contributed by atoms with Gasteiger partial charge in [0.2, 0.25) is 10.0 Å². The maximum Gasteiger partial charge on any atom is 0.331 e. The lowest BCUT2D eigenvalue weighted by molar-refractivity contribution is -0.142. The van der Waals surface area contributed by atoms with Crippen LogP contribution in [0.25, 0.3) is 6.08 Å². The van der Waals surface area contributed by atoms with Crippen LogP contribution in [0.4, 0.5) is 5.69 Å². The van der Waals surface area contributed by atoms with Crippen LogP contribution in [0.3, 0.4) is 0 Å². The highest BCUT2D eigenvalue weighted by molar-refractivity contribution is 9.10. The summed E-state index contributed by atoms with van der Waals surface area (Å²) in [6.45, 7) is 3.83. The smallest absolute Gasteiger partial charge is 0.331 e. The topological polar surface area (TPSA) is 92.8 Å². The third-order valence-electron chi connectivity index (χ3n) is 4.11. The zero-order valence-electron chi connectivity index (χ0n) is 16.7. The fourth-order valence-corrected chi connectivity index (χ4v) is 4.27. The Balaban J connectivity index is 1.87. The number of nitrogens with one attached hydrogen (secondary N) is 1. The van der Waals surface area contributed by atoms with E-state index in [9.17, 15) is 18.0 Å². The molecule has 0 unspecified atom stereocenters. The molecule has 0 aliphatic heterocycles. The maximum atomic E-state index is 12.5. The molecule has 160 valence electrons. The normalized spacial score (nSPS) is 11.6. The minimum Gasteiger partial charge on any atom is -0.452 e. The van der Waals surface area contributed by atoms with Gasteiger partial charge in [-0.25, -0.2) is 13.2 Å². The summed E-state index contributed by atoms with van der Waals surface area (Å²) in [5.74, 6) is -1.17. The Labute approximate surface area is 184 Å². The van der Waals surface area contributed by atoms with Crippen molar-refractivity contribution in [2.75, 3.05) is 25.0 Å². The molecule has 0 saturated carbocycles. The SMILES string of the molecule is CCN(CC)S(=O)(=O)c1ccc(NC(=O)COC(=O)/C=C/c2ccc(Br)cc2)cc1. The van der Waals surface area contributed by atoms with Crippen LogP contribution in [0.1, 0.15) is 19.4 Å². The van der Waals surface area contributed by atoms with E-state index in [1.807, 2.05) is 24.3 Å². The first kappa shape index (κ1) is 23.8. The summed E-state index contributed by atoms with van der Waals surface area (Å²) in [6, 6.07) is 13.2. The molecule has 0 fully saturated rings. The van der Waals surface area contributed by atoms with Crippen LogP contribution in [0.5, 0.6) is 0 Å². The molecule has 0 radical (unpaired) electrons. The third-order valence-corrected chi connectivity index (χ3v) is 6.70. The van der Waals surface area contributed by atoms with Crippen molar-refractivity contribution in [3.8, 4) is 0 Å². The van der Waals surface area contributed by atoms with Gasteiger partial charge in [0.1, 0.15) is 0 Å². The number of esters is 1. The average Bonchev–Trinajstić information content (AvgIpc) is 2.73. The first-order valence-corrected chi connectivity index (χ1v) is 11.5. The molecule has 2 aromatic rings. The molecule has 0 saturated heterocycles. The molecule has 0 spiro atoms. The van der Waals surface area contributed by atoms with Gasteiger partial charge in [-0.1, -0.05) is 41.9 Å². The number of carbonyl (C=O) groups excluding carboxylic acids is 2. The molecule has 2 aromatic carbocycles. The second-order valence-electron chi connectivity index (χ2n) is 6.15. The monoisotopic (exact) mass is 494 g/mol. The number of benzene rings is 2. The van der Waals surface area contributed by atoms with Crippen LogP contribution in [0.15, 0.2) is 64.0 Å². The molecule has 0 aromatic heterocycles. The fraction of sp³-hybridized carbons (Fsp3) is 0.238. The number of hydrogen-bond acceptors (Lipinski definition) is 5. The van der Waals surface area contributed by atoms with E-state index in [1.54, 1.807) is 19.9 Å². The molecular formula is C21H23BrN2O5S. The molecule has 9 heteroatoms. The number of nitrogens with zero attached hydrogens (tertiary/aromatic N) is 1. The Morgan fingerprint density at radius 3 is 2.20 bits per heavy atom. The van der Waals surface area contributed by atoms with Crippen molar-refractivity contribution in [2.24, 2.45) is 0 Å². The van der Waals surface area contributed by atoms with Crippen LogP contribution in [-0.2, 0) is 24.3 Å². The minimum absolute atomic E-state index is 0.147. The molecule has 2 rings (SSSR count). The molecule has 30 heavy (non-hydrogen) atoms. The molecule has 0 heterocycles. The molecule has 1 N–H and O–H groups in total. The van der Waals surface area contributed by atoms with Gasteiger partial charge in [-0.05, 0) is 48.0 Å². The van der Waals surface area contributed by atoms with Gasteiger partial charge in [0, 0.05) is 29.3 Å². The number of anilines is 1. The second-order valence-corrected chi connectivity index (χ2v) is 9.01. The van der Waals surface area contributed by atoms with Gasteiger partial charge in [-0.15, -0.1) is 0 Å². The summed E-state index contributed by atoms with van der Waals surface area (Å²) in [4.78, 5) is 23.9. The van der Waals surface area contributed by atoms with Crippen molar-refractivity contribution < 1.29 is 22.7 Å². The minimum atomic E-state index is -3.56. The van der Waals surface area contributed by atoms with Crippen LogP contribution < -0.4 is 5.32 Å². The van der Waals surface area contributed by atoms with Gasteiger partial charge in [0.15, 0.2) is 6.61 Å². The van der Waals surface area contributed by atoms with E-state index in [4.69, 9.17) is 4.74 Å². The summed E-state index contributed by atoms with van der Waals surface area (Å²) >= 11 is 3.33. The maximum absolute atomic E-state index is 12.5. The molecule has 0 aliphatic rings. The number of amides is 1. The first-order chi connectivity index (χ1) is 14.3. The highest BCUT2D eigenvalue weighted by atomic mass is 79.9. The lowest BCUT2D eigenvalue weighted by Crippen LogP contribution is -2.30. The van der Waals surface area contributed by atoms with Gasteiger partial charge in [-0.2, -0.15) is 4.31 Å². The molecule has 0 atom stereocenters. The molecule has 0 bridgehead atoms. The number of hydrogen-bond donors (Lipinski definition) is 1. The number of ether oxygens (including phenoxy) is 1. The van der Waals surface area contributed by atoms with Gasteiger partial charge in [-0.3, -0.25) is 4.79 Å². The zero-order chi connectivity index (χ0) is 22.1. The highest BCUT2D eigenvalue weighted by Crippen LogP contribution is 2.18. The molecule has 7 nitrogen and oxygen atoms in total. The molecular weight excluding hydrogens is 472 g/mol. The predicted octanol–water partition coefficient (Wildman–Crippen LogP) is 3.67. The quantitative estimate of drug-likeness (QED) is 0.423. The third kappa shape index (κ3) is 6.79. The van der Waals surface area contributed by atoms with Crippen LogP contribution in [-0.4, -0.2) is 44.3 Å². The predicted molar refractivity (Wildman–Crippen MR) is 119 cm³/mol. The second kappa shape index (κ2) is 11.1. The standard InChI is InChI=1S/C21H23BrN2O5S/c1-3-24(4-2)30(27,28)19-12-10-18(11-13-19)23-20(25)15-29-21(26)14-7-16-5-8-17(22)9-6-16/h5-14H,3-4,15H2,1-2H3,(H,23,25)/b14-7+. The lowest BCUT2D eigenvalue weighted by Gasteiger charge is -2.18. The lowest BCUT2D eigenvalue weighted by atomic mass is 10.2. The Morgan fingerprint density at radius 2 is 1.63 bits per heavy atom. The van der Waals surface area contributed by atoms with Gasteiger partial charge in [0.25, 0.3) is 5.91 Å². The Hall–Kier alpha value is -2.49. The van der Waals surface area contributed by atoms with E-state index in [-0.39, 0.29) is 4.90 Å². The molecule has 0 aliphatic carbocycles. The summed E-state index contributed by atoms with van der Waals surface area (Å²) in [6.07, 6.45) is 2.82. The number of sulfonamides is 1. The summed E-state index contributed by atoms with van der Waals surface area (Å²) in [5.41, 5.74) is 1.22. The largest absolute Gasteiger partial charge is 0.452 e. The van der Waals surface area contributed by atoms with Gasteiger partial charge in [0.05, 0.1) is 4.90 Å². The molecule has 1 amide bonds. The Bertz CT molecular complexity index is 999. The summed E-state index contributed by atoms with van der Waals surface area (Å²) < 4.78 is 32.1. The van der Waals surface area contributed by atoms with Gasteiger partial charge < -0.3 is 10.1 Å². The number of carbonyl (C=O) groups is 2. The van der Waals surface area contributed by atoms with E-state index in [0.717, 1.165) is 10.0 Å². The number of rotatable bonds is 9. The van der Waals surface area contributed by atoms with Crippen LogP contribution in [0.2, 0.25) is 0 Å². The average molecular weight is 495 g/mol. The van der Waals surface area contributed by atoms with E-state index in [0.29, 0.717) is 18.8 Å². The van der Waals surface area contributed by atoms with Gasteiger partial charge >= 0.3 is 5.97 Å². The van der Waals surface area contributed by atoms with Crippen LogP contribution >= 0.6 is 15.9 Å². The van der Waals surface area contributed by atoms with Crippen molar-refractivity contribution in [1.29, 1.82) is 0 Å².